The van der Waals surface area contributed by atoms with E-state index in [-0.39, 0.29) is 11.7 Å². The first-order chi connectivity index (χ1) is 8.18. The summed E-state index contributed by atoms with van der Waals surface area (Å²) in [6, 6.07) is 0. The summed E-state index contributed by atoms with van der Waals surface area (Å²) in [6.45, 7) is 5.87. The van der Waals surface area contributed by atoms with Crippen LogP contribution in [0.25, 0.3) is 0 Å². The molecule has 1 aliphatic carbocycles. The molecule has 0 bridgehead atoms. The van der Waals surface area contributed by atoms with E-state index in [1.54, 1.807) is 0 Å². The van der Waals surface area contributed by atoms with Crippen LogP contribution in [0.4, 0.5) is 0 Å². The van der Waals surface area contributed by atoms with Crippen molar-refractivity contribution >= 4 is 15.7 Å². The number of carbonyl (C=O) groups excluding carboxylic acids is 1. The van der Waals surface area contributed by atoms with Gasteiger partial charge in [0.05, 0.1) is 11.3 Å². The van der Waals surface area contributed by atoms with Crippen molar-refractivity contribution in [2.24, 2.45) is 17.6 Å². The van der Waals surface area contributed by atoms with E-state index in [4.69, 9.17) is 5.73 Å². The average Bonchev–Trinajstić information content (AvgIpc) is 2.96. The van der Waals surface area contributed by atoms with Crippen molar-refractivity contribution in [1.82, 2.24) is 5.32 Å². The van der Waals surface area contributed by atoms with Crippen LogP contribution in [0.15, 0.2) is 0 Å². The first-order valence-corrected chi connectivity index (χ1v) is 8.22. The Morgan fingerprint density at radius 1 is 1.44 bits per heavy atom. The first-order valence-electron chi connectivity index (χ1n) is 6.40. The lowest BCUT2D eigenvalue weighted by molar-refractivity contribution is -0.120. The number of sulfone groups is 1. The standard InChI is InChI=1S/C12H24N2O3S/c1-9(2)6-18(16,17)7-11(15)14-12(3,8-13)10-4-5-10/h9-10H,4-8,13H2,1-3H3,(H,14,15). The van der Waals surface area contributed by atoms with Gasteiger partial charge in [0.1, 0.15) is 5.75 Å². The van der Waals surface area contributed by atoms with Crippen molar-refractivity contribution in [3.63, 3.8) is 0 Å². The minimum atomic E-state index is -3.32. The van der Waals surface area contributed by atoms with Crippen LogP contribution in [0.5, 0.6) is 0 Å². The van der Waals surface area contributed by atoms with Gasteiger partial charge in [-0.3, -0.25) is 4.79 Å². The van der Waals surface area contributed by atoms with Crippen molar-refractivity contribution in [3.8, 4) is 0 Å². The summed E-state index contributed by atoms with van der Waals surface area (Å²) >= 11 is 0. The average molecular weight is 276 g/mol. The molecule has 106 valence electrons. The maximum Gasteiger partial charge on any atom is 0.235 e. The topological polar surface area (TPSA) is 89.3 Å². The highest BCUT2D eigenvalue weighted by Gasteiger charge is 2.41. The summed E-state index contributed by atoms with van der Waals surface area (Å²) in [4.78, 5) is 11.8. The molecule has 1 amide bonds. The third-order valence-electron chi connectivity index (χ3n) is 3.27. The second-order valence-electron chi connectivity index (χ2n) is 5.89. The molecule has 6 heteroatoms. The zero-order valence-corrected chi connectivity index (χ0v) is 12.2. The third kappa shape index (κ3) is 4.57. The van der Waals surface area contributed by atoms with Gasteiger partial charge in [-0.15, -0.1) is 0 Å². The minimum Gasteiger partial charge on any atom is -0.349 e. The minimum absolute atomic E-state index is 0.0344. The molecule has 0 spiro atoms. The molecule has 0 aliphatic heterocycles. The molecule has 0 aromatic carbocycles. The quantitative estimate of drug-likeness (QED) is 0.700. The Kier molecular flexibility index (Phi) is 4.78. The smallest absolute Gasteiger partial charge is 0.235 e. The number of rotatable bonds is 7. The van der Waals surface area contributed by atoms with Gasteiger partial charge in [-0.25, -0.2) is 8.42 Å². The lowest BCUT2D eigenvalue weighted by Crippen LogP contribution is -2.54. The number of hydrogen-bond donors (Lipinski definition) is 2. The number of carbonyl (C=O) groups is 1. The van der Waals surface area contributed by atoms with Gasteiger partial charge in [-0.05, 0) is 31.6 Å². The van der Waals surface area contributed by atoms with Crippen molar-refractivity contribution in [2.75, 3.05) is 18.1 Å². The van der Waals surface area contributed by atoms with Crippen LogP contribution >= 0.6 is 0 Å². The molecule has 1 saturated carbocycles. The fourth-order valence-electron chi connectivity index (χ4n) is 2.16. The zero-order valence-electron chi connectivity index (χ0n) is 11.4. The molecule has 0 saturated heterocycles. The van der Waals surface area contributed by atoms with E-state index in [1.165, 1.54) is 0 Å². The lowest BCUT2D eigenvalue weighted by Gasteiger charge is -2.29. The molecule has 0 aromatic rings. The van der Waals surface area contributed by atoms with Gasteiger partial charge in [-0.1, -0.05) is 13.8 Å². The Hall–Kier alpha value is -0.620. The number of hydrogen-bond acceptors (Lipinski definition) is 4. The maximum absolute atomic E-state index is 11.8. The maximum atomic E-state index is 11.8. The lowest BCUT2D eigenvalue weighted by atomic mass is 9.96. The van der Waals surface area contributed by atoms with Crippen molar-refractivity contribution in [2.45, 2.75) is 39.2 Å². The van der Waals surface area contributed by atoms with Gasteiger partial charge in [0.15, 0.2) is 9.84 Å². The molecule has 1 atom stereocenters. The van der Waals surface area contributed by atoms with Crippen LogP contribution in [0.3, 0.4) is 0 Å². The van der Waals surface area contributed by atoms with E-state index in [2.05, 4.69) is 5.32 Å². The fourth-order valence-corrected chi connectivity index (χ4v) is 3.77. The normalized spacial score (nSPS) is 19.6. The Morgan fingerprint density at radius 2 is 2.00 bits per heavy atom. The number of amides is 1. The van der Waals surface area contributed by atoms with Gasteiger partial charge in [-0.2, -0.15) is 0 Å². The van der Waals surface area contributed by atoms with Gasteiger partial charge < -0.3 is 11.1 Å². The van der Waals surface area contributed by atoms with Crippen LogP contribution in [0, 0.1) is 11.8 Å². The molecular weight excluding hydrogens is 252 g/mol. The molecular formula is C12H24N2O3S. The predicted molar refractivity (Wildman–Crippen MR) is 71.8 cm³/mol. The number of nitrogens with two attached hydrogens (primary N) is 1. The van der Waals surface area contributed by atoms with E-state index in [9.17, 15) is 13.2 Å². The third-order valence-corrected chi connectivity index (χ3v) is 5.14. The molecule has 1 rings (SSSR count). The van der Waals surface area contributed by atoms with Gasteiger partial charge >= 0.3 is 0 Å². The zero-order chi connectivity index (χ0) is 14.0. The summed E-state index contributed by atoms with van der Waals surface area (Å²) in [7, 11) is -3.32. The summed E-state index contributed by atoms with van der Waals surface area (Å²) in [6.07, 6.45) is 2.10. The van der Waals surface area contributed by atoms with Crippen molar-refractivity contribution in [1.29, 1.82) is 0 Å². The Bertz CT molecular complexity index is 402. The molecule has 5 nitrogen and oxygen atoms in total. The van der Waals surface area contributed by atoms with Crippen LogP contribution in [0.1, 0.15) is 33.6 Å². The van der Waals surface area contributed by atoms with Crippen LogP contribution in [0.2, 0.25) is 0 Å². The SMILES string of the molecule is CC(C)CS(=O)(=O)CC(=O)NC(C)(CN)C1CC1. The van der Waals surface area contributed by atoms with E-state index in [0.29, 0.717) is 12.5 Å². The molecule has 18 heavy (non-hydrogen) atoms. The fraction of sp³-hybridized carbons (Fsp3) is 0.917. The van der Waals surface area contributed by atoms with Crippen LogP contribution < -0.4 is 11.1 Å². The largest absolute Gasteiger partial charge is 0.349 e. The highest BCUT2D eigenvalue weighted by Crippen LogP contribution is 2.38. The van der Waals surface area contributed by atoms with E-state index >= 15 is 0 Å². The highest BCUT2D eigenvalue weighted by molar-refractivity contribution is 7.92. The number of nitrogens with one attached hydrogen (secondary N) is 1. The Morgan fingerprint density at radius 3 is 2.39 bits per heavy atom. The molecule has 0 aromatic heterocycles. The second-order valence-corrected chi connectivity index (χ2v) is 8.00. The van der Waals surface area contributed by atoms with Gasteiger partial charge in [0.2, 0.25) is 5.91 Å². The predicted octanol–water partition coefficient (Wildman–Crippen LogP) is 0.301. The van der Waals surface area contributed by atoms with Crippen LogP contribution in [-0.4, -0.2) is 37.9 Å². The summed E-state index contributed by atoms with van der Waals surface area (Å²) in [5.74, 6) is -0.404. The summed E-state index contributed by atoms with van der Waals surface area (Å²) < 4.78 is 23.4. The van der Waals surface area contributed by atoms with Crippen LogP contribution in [-0.2, 0) is 14.6 Å². The van der Waals surface area contributed by atoms with Gasteiger partial charge in [0.25, 0.3) is 0 Å². The summed E-state index contributed by atoms with van der Waals surface area (Å²) in [5.41, 5.74) is 5.22. The molecule has 0 radical (unpaired) electrons. The van der Waals surface area contributed by atoms with Crippen molar-refractivity contribution < 1.29 is 13.2 Å². The van der Waals surface area contributed by atoms with E-state index in [1.807, 2.05) is 20.8 Å². The Labute approximate surface area is 109 Å². The molecule has 1 aliphatic rings. The van der Waals surface area contributed by atoms with E-state index in [0.717, 1.165) is 12.8 Å². The first kappa shape index (κ1) is 15.4. The molecule has 1 unspecified atom stereocenters. The Balaban J connectivity index is 2.55. The molecule has 1 fully saturated rings. The van der Waals surface area contributed by atoms with E-state index < -0.39 is 27.0 Å². The second kappa shape index (κ2) is 5.57. The highest BCUT2D eigenvalue weighted by atomic mass is 32.2. The van der Waals surface area contributed by atoms with Crippen molar-refractivity contribution in [3.05, 3.63) is 0 Å². The summed E-state index contributed by atoms with van der Waals surface area (Å²) in [5, 5.41) is 2.79. The monoisotopic (exact) mass is 276 g/mol. The molecule has 0 heterocycles. The molecule has 3 N–H and O–H groups in total. The van der Waals surface area contributed by atoms with Gasteiger partial charge in [0, 0.05) is 6.54 Å².